The Bertz CT molecular complexity index is 718. The number of nitrogens with one attached hydrogen (secondary N) is 1. The summed E-state index contributed by atoms with van der Waals surface area (Å²) in [5, 5.41) is 12.3. The first kappa shape index (κ1) is 17.4. The highest BCUT2D eigenvalue weighted by Gasteiger charge is 1.97. The summed E-state index contributed by atoms with van der Waals surface area (Å²) in [5.74, 6) is 0.176. The van der Waals surface area contributed by atoms with Gasteiger partial charge in [-0.2, -0.15) is 10.2 Å². The van der Waals surface area contributed by atoms with Crippen LogP contribution in [-0.4, -0.2) is 17.4 Å². The molecule has 2 aromatic rings. The molecule has 0 saturated carbocycles. The molecular weight excluding hydrogens is 298 g/mol. The fraction of sp³-hybridized carbons (Fsp3) is 0.211. The molecule has 0 radical (unpaired) electrons. The number of hydrogen-bond acceptors (Lipinski definition) is 3. The van der Waals surface area contributed by atoms with Crippen molar-refractivity contribution in [3.05, 3.63) is 71.8 Å². The van der Waals surface area contributed by atoms with Crippen LogP contribution in [0.25, 0.3) is 0 Å². The maximum absolute atomic E-state index is 5.78. The molecule has 0 spiro atoms. The number of hydrogen-bond donors (Lipinski definition) is 2. The summed E-state index contributed by atoms with van der Waals surface area (Å²) in [6.45, 7) is 3.87. The summed E-state index contributed by atoms with van der Waals surface area (Å²) in [4.78, 5) is 0. The third-order valence-electron chi connectivity index (χ3n) is 3.30. The van der Waals surface area contributed by atoms with Crippen LogP contribution < -0.4 is 11.2 Å². The Kier molecular flexibility index (Phi) is 6.71. The average Bonchev–Trinajstić information content (AvgIpc) is 2.60. The molecule has 5 nitrogen and oxygen atoms in total. The van der Waals surface area contributed by atoms with E-state index in [0.717, 1.165) is 24.3 Å². The van der Waals surface area contributed by atoms with Gasteiger partial charge in [-0.25, -0.2) is 5.43 Å². The SMILES string of the molecule is C/C(Cc1ccccc1)=N\N=C(/N)N/N=C(\C)Cc1ccccc1. The lowest BCUT2D eigenvalue weighted by Crippen LogP contribution is -2.28. The van der Waals surface area contributed by atoms with Crippen molar-refractivity contribution < 1.29 is 0 Å². The molecule has 3 N–H and O–H groups in total. The molecular formula is C19H23N5. The third-order valence-corrected chi connectivity index (χ3v) is 3.30. The highest BCUT2D eigenvalue weighted by molar-refractivity contribution is 5.87. The zero-order chi connectivity index (χ0) is 17.2. The molecule has 24 heavy (non-hydrogen) atoms. The Hall–Kier alpha value is -2.95. The summed E-state index contributed by atoms with van der Waals surface area (Å²) in [5.41, 5.74) is 12.7. The number of guanidine groups is 1. The van der Waals surface area contributed by atoms with Crippen LogP contribution in [0.4, 0.5) is 0 Å². The molecule has 2 rings (SSSR count). The Morgan fingerprint density at radius 1 is 0.792 bits per heavy atom. The molecule has 0 amide bonds. The summed E-state index contributed by atoms with van der Waals surface area (Å²) in [6.07, 6.45) is 1.51. The first-order chi connectivity index (χ1) is 11.6. The standard InChI is InChI=1S/C19H23N5/c1-15(13-17-9-5-3-6-10-17)21-23-19(20)24-22-16(2)14-18-11-7-4-8-12-18/h3-12H,13-14H2,1-2H3,(H3,20,23,24)/b21-15+,22-16+. The van der Waals surface area contributed by atoms with E-state index in [4.69, 9.17) is 5.73 Å². The van der Waals surface area contributed by atoms with Gasteiger partial charge in [0.05, 0.1) is 0 Å². The normalized spacial score (nSPS) is 13.0. The minimum atomic E-state index is 0.176. The molecule has 124 valence electrons. The largest absolute Gasteiger partial charge is 0.367 e. The van der Waals surface area contributed by atoms with E-state index >= 15 is 0 Å². The fourth-order valence-electron chi connectivity index (χ4n) is 2.17. The number of benzene rings is 2. The van der Waals surface area contributed by atoms with Gasteiger partial charge in [-0.15, -0.1) is 5.10 Å². The predicted octanol–water partition coefficient (Wildman–Crippen LogP) is 3.13. The van der Waals surface area contributed by atoms with E-state index in [2.05, 4.69) is 45.0 Å². The molecule has 0 bridgehead atoms. The number of nitrogens with two attached hydrogens (primary N) is 1. The van der Waals surface area contributed by atoms with Crippen LogP contribution in [0.3, 0.4) is 0 Å². The van der Waals surface area contributed by atoms with Gasteiger partial charge in [0.25, 0.3) is 0 Å². The molecule has 0 atom stereocenters. The maximum atomic E-state index is 5.78. The van der Waals surface area contributed by atoms with Crippen molar-refractivity contribution >= 4 is 17.4 Å². The first-order valence-electron chi connectivity index (χ1n) is 7.87. The van der Waals surface area contributed by atoms with E-state index in [-0.39, 0.29) is 5.96 Å². The summed E-state index contributed by atoms with van der Waals surface area (Å²) in [7, 11) is 0. The van der Waals surface area contributed by atoms with E-state index < -0.39 is 0 Å². The lowest BCUT2D eigenvalue weighted by molar-refractivity contribution is 0.971. The maximum Gasteiger partial charge on any atom is 0.234 e. The average molecular weight is 321 g/mol. The second kappa shape index (κ2) is 9.25. The van der Waals surface area contributed by atoms with E-state index in [1.54, 1.807) is 0 Å². The van der Waals surface area contributed by atoms with Crippen LogP contribution in [0.2, 0.25) is 0 Å². The highest BCUT2D eigenvalue weighted by Crippen LogP contribution is 2.01. The van der Waals surface area contributed by atoms with Gasteiger partial charge in [-0.3, -0.25) is 0 Å². The Morgan fingerprint density at radius 2 is 1.29 bits per heavy atom. The van der Waals surface area contributed by atoms with Crippen LogP contribution in [0.15, 0.2) is 76.0 Å². The molecule has 0 heterocycles. The molecule has 5 heteroatoms. The quantitative estimate of drug-likeness (QED) is 0.487. The lowest BCUT2D eigenvalue weighted by Gasteiger charge is -2.03. The van der Waals surface area contributed by atoms with Crippen molar-refractivity contribution in [2.45, 2.75) is 26.7 Å². The van der Waals surface area contributed by atoms with Gasteiger partial charge in [0.15, 0.2) is 0 Å². The summed E-state index contributed by atoms with van der Waals surface area (Å²) >= 11 is 0. The van der Waals surface area contributed by atoms with Gasteiger partial charge in [-0.1, -0.05) is 60.7 Å². The molecule has 0 aliphatic rings. The second-order valence-corrected chi connectivity index (χ2v) is 5.60. The number of rotatable bonds is 6. The van der Waals surface area contributed by atoms with Gasteiger partial charge in [-0.05, 0) is 25.0 Å². The predicted molar refractivity (Wildman–Crippen MR) is 101 cm³/mol. The van der Waals surface area contributed by atoms with Gasteiger partial charge >= 0.3 is 0 Å². The topological polar surface area (TPSA) is 75.1 Å². The molecule has 0 aliphatic carbocycles. The number of hydrazone groups is 1. The zero-order valence-electron chi connectivity index (χ0n) is 14.1. The summed E-state index contributed by atoms with van der Waals surface area (Å²) in [6, 6.07) is 20.3. The van der Waals surface area contributed by atoms with Crippen molar-refractivity contribution in [2.24, 2.45) is 21.0 Å². The van der Waals surface area contributed by atoms with Crippen molar-refractivity contribution in [1.29, 1.82) is 0 Å². The second-order valence-electron chi connectivity index (χ2n) is 5.60. The smallest absolute Gasteiger partial charge is 0.234 e. The monoisotopic (exact) mass is 321 g/mol. The van der Waals surface area contributed by atoms with Crippen LogP contribution >= 0.6 is 0 Å². The molecule has 0 aliphatic heterocycles. The third kappa shape index (κ3) is 6.44. The van der Waals surface area contributed by atoms with E-state index in [9.17, 15) is 0 Å². The van der Waals surface area contributed by atoms with E-state index in [0.29, 0.717) is 0 Å². The van der Waals surface area contributed by atoms with Crippen LogP contribution in [0.5, 0.6) is 0 Å². The molecule has 0 aromatic heterocycles. The van der Waals surface area contributed by atoms with Crippen LogP contribution in [-0.2, 0) is 12.8 Å². The molecule has 0 fully saturated rings. The highest BCUT2D eigenvalue weighted by atomic mass is 15.4. The van der Waals surface area contributed by atoms with Crippen molar-refractivity contribution in [1.82, 2.24) is 5.43 Å². The summed E-state index contributed by atoms with van der Waals surface area (Å²) < 4.78 is 0. The van der Waals surface area contributed by atoms with Crippen LogP contribution in [0.1, 0.15) is 25.0 Å². The Labute approximate surface area is 143 Å². The van der Waals surface area contributed by atoms with Crippen LogP contribution in [0, 0.1) is 0 Å². The zero-order valence-corrected chi connectivity index (χ0v) is 14.1. The van der Waals surface area contributed by atoms with Crippen molar-refractivity contribution in [2.75, 3.05) is 0 Å². The Morgan fingerprint density at radius 3 is 1.83 bits per heavy atom. The van der Waals surface area contributed by atoms with Gasteiger partial charge < -0.3 is 5.73 Å². The van der Waals surface area contributed by atoms with E-state index in [1.807, 2.05) is 50.2 Å². The minimum absolute atomic E-state index is 0.176. The number of nitrogens with zero attached hydrogens (tertiary/aromatic N) is 3. The Balaban J connectivity index is 1.86. The minimum Gasteiger partial charge on any atom is -0.367 e. The molecule has 0 unspecified atom stereocenters. The first-order valence-corrected chi connectivity index (χ1v) is 7.87. The van der Waals surface area contributed by atoms with E-state index in [1.165, 1.54) is 11.1 Å². The van der Waals surface area contributed by atoms with Gasteiger partial charge in [0.2, 0.25) is 5.96 Å². The van der Waals surface area contributed by atoms with Gasteiger partial charge in [0.1, 0.15) is 0 Å². The van der Waals surface area contributed by atoms with Crippen molar-refractivity contribution in [3.8, 4) is 0 Å². The van der Waals surface area contributed by atoms with Gasteiger partial charge in [0, 0.05) is 24.3 Å². The molecule has 2 aromatic carbocycles. The lowest BCUT2D eigenvalue weighted by atomic mass is 10.1. The fourth-order valence-corrected chi connectivity index (χ4v) is 2.17. The van der Waals surface area contributed by atoms with Crippen molar-refractivity contribution in [3.63, 3.8) is 0 Å². The molecule has 0 saturated heterocycles.